The number of ether oxygens (including phenoxy) is 3. The zero-order chi connectivity index (χ0) is 22.8. The summed E-state index contributed by atoms with van der Waals surface area (Å²) in [7, 11) is -3.88. The van der Waals surface area contributed by atoms with Gasteiger partial charge >= 0.3 is 5.97 Å². The van der Waals surface area contributed by atoms with Crippen LogP contribution in [0.5, 0.6) is 11.5 Å². The van der Waals surface area contributed by atoms with Crippen molar-refractivity contribution in [2.45, 2.75) is 49.3 Å². The predicted molar refractivity (Wildman–Crippen MR) is 115 cm³/mol. The molecule has 0 unspecified atom stereocenters. The molecule has 1 atom stereocenters. The Morgan fingerprint density at radius 1 is 1.06 bits per heavy atom. The van der Waals surface area contributed by atoms with Gasteiger partial charge in [0, 0.05) is 24.6 Å². The van der Waals surface area contributed by atoms with E-state index in [1.165, 1.54) is 19.1 Å². The van der Waals surface area contributed by atoms with Gasteiger partial charge < -0.3 is 19.5 Å². The number of anilines is 1. The van der Waals surface area contributed by atoms with Gasteiger partial charge in [0.15, 0.2) is 18.1 Å². The topological polar surface area (TPSA) is 120 Å². The summed E-state index contributed by atoms with van der Waals surface area (Å²) in [6.45, 7) is 0.784. The average Bonchev–Trinajstić information content (AvgIpc) is 3.37. The lowest BCUT2D eigenvalue weighted by atomic mass is 10.2. The highest BCUT2D eigenvalue weighted by Crippen LogP contribution is 2.47. The van der Waals surface area contributed by atoms with Crippen molar-refractivity contribution in [2.75, 3.05) is 11.9 Å². The van der Waals surface area contributed by atoms with Gasteiger partial charge in [-0.25, -0.2) is 8.42 Å². The predicted octanol–water partition coefficient (Wildman–Crippen LogP) is 2.58. The van der Waals surface area contributed by atoms with Gasteiger partial charge in [-0.2, -0.15) is 4.72 Å². The maximum absolute atomic E-state index is 12.3. The van der Waals surface area contributed by atoms with Crippen LogP contribution in [0.4, 0.5) is 5.69 Å². The van der Waals surface area contributed by atoms with Crippen LogP contribution in [-0.2, 0) is 24.3 Å². The fraction of sp³-hybridized carbons (Fsp3) is 0.364. The number of hydrogen-bond acceptors (Lipinski definition) is 7. The van der Waals surface area contributed by atoms with E-state index < -0.39 is 40.3 Å². The van der Waals surface area contributed by atoms with Crippen molar-refractivity contribution in [3.8, 4) is 11.5 Å². The number of carbonyl (C=O) groups is 2. The van der Waals surface area contributed by atoms with Gasteiger partial charge in [-0.1, -0.05) is 18.2 Å². The van der Waals surface area contributed by atoms with Crippen LogP contribution in [0.15, 0.2) is 53.4 Å². The molecule has 10 heteroatoms. The minimum Gasteiger partial charge on any atom is -0.454 e. The van der Waals surface area contributed by atoms with E-state index in [2.05, 4.69) is 10.0 Å². The minimum absolute atomic E-state index is 0.0274. The zero-order valence-electron chi connectivity index (χ0n) is 17.5. The number of carbonyl (C=O) groups excluding carboxylic acids is 2. The number of benzene rings is 2. The zero-order valence-corrected chi connectivity index (χ0v) is 18.3. The molecule has 1 aliphatic heterocycles. The normalized spacial score (nSPS) is 17.2. The van der Waals surface area contributed by atoms with Crippen LogP contribution in [-0.4, -0.2) is 38.7 Å². The van der Waals surface area contributed by atoms with E-state index in [9.17, 15) is 18.0 Å². The average molecular weight is 461 g/mol. The number of sulfonamides is 1. The Morgan fingerprint density at radius 2 is 1.75 bits per heavy atom. The van der Waals surface area contributed by atoms with Crippen molar-refractivity contribution in [3.63, 3.8) is 0 Å². The van der Waals surface area contributed by atoms with Gasteiger partial charge in [-0.15, -0.1) is 0 Å². The van der Waals surface area contributed by atoms with Gasteiger partial charge in [0.25, 0.3) is 11.7 Å². The molecule has 1 saturated carbocycles. The standard InChI is InChI=1S/C22H24N2O7S/c1-15(24-32(27,28)17-7-3-2-4-8-17)21(26)29-14-20(25)23-16-9-10-18-19(13-16)31-22(30-18)11-5-6-12-22/h2-4,7-10,13,15,24H,5-6,11-12,14H2,1H3,(H,23,25)/t15-/m0/s1. The third-order valence-electron chi connectivity index (χ3n) is 5.27. The molecule has 1 aliphatic carbocycles. The molecule has 0 radical (unpaired) electrons. The maximum Gasteiger partial charge on any atom is 0.324 e. The van der Waals surface area contributed by atoms with E-state index in [0.717, 1.165) is 25.7 Å². The molecule has 2 N–H and O–H groups in total. The highest BCUT2D eigenvalue weighted by molar-refractivity contribution is 7.89. The fourth-order valence-electron chi connectivity index (χ4n) is 3.70. The van der Waals surface area contributed by atoms with Crippen molar-refractivity contribution in [1.82, 2.24) is 4.72 Å². The number of fused-ring (bicyclic) bond motifs is 1. The summed E-state index contributed by atoms with van der Waals surface area (Å²) in [5.74, 6) is -0.829. The van der Waals surface area contributed by atoms with Crippen molar-refractivity contribution < 1.29 is 32.2 Å². The van der Waals surface area contributed by atoms with Crippen molar-refractivity contribution in [2.24, 2.45) is 0 Å². The Bertz CT molecular complexity index is 1110. The first-order valence-electron chi connectivity index (χ1n) is 10.3. The van der Waals surface area contributed by atoms with Crippen LogP contribution >= 0.6 is 0 Å². The summed E-state index contributed by atoms with van der Waals surface area (Å²) >= 11 is 0. The van der Waals surface area contributed by atoms with Gasteiger partial charge in [0.05, 0.1) is 4.90 Å². The van der Waals surface area contributed by atoms with E-state index in [0.29, 0.717) is 17.2 Å². The van der Waals surface area contributed by atoms with E-state index in [1.54, 1.807) is 36.4 Å². The van der Waals surface area contributed by atoms with Crippen LogP contribution in [0.25, 0.3) is 0 Å². The molecule has 0 bridgehead atoms. The molecule has 170 valence electrons. The molecule has 1 spiro atoms. The molecule has 32 heavy (non-hydrogen) atoms. The van der Waals surface area contributed by atoms with E-state index in [1.807, 2.05) is 0 Å². The number of amides is 1. The minimum atomic E-state index is -3.88. The second-order valence-electron chi connectivity index (χ2n) is 7.80. The van der Waals surface area contributed by atoms with Gasteiger partial charge in [0.2, 0.25) is 10.0 Å². The quantitative estimate of drug-likeness (QED) is 0.610. The lowest BCUT2D eigenvalue weighted by molar-refractivity contribution is -0.148. The number of esters is 1. The number of nitrogens with one attached hydrogen (secondary N) is 2. The van der Waals surface area contributed by atoms with E-state index in [-0.39, 0.29) is 4.90 Å². The van der Waals surface area contributed by atoms with Gasteiger partial charge in [0.1, 0.15) is 6.04 Å². The Hall–Kier alpha value is -3.11. The molecule has 1 amide bonds. The van der Waals surface area contributed by atoms with Crippen molar-refractivity contribution >= 4 is 27.6 Å². The summed E-state index contributed by atoms with van der Waals surface area (Å²) in [5.41, 5.74) is 0.473. The Kier molecular flexibility index (Phi) is 6.07. The molecule has 0 saturated heterocycles. The summed E-state index contributed by atoms with van der Waals surface area (Å²) < 4.78 is 43.7. The molecule has 2 aromatic rings. The summed E-state index contributed by atoms with van der Waals surface area (Å²) in [6.07, 6.45) is 3.74. The molecule has 4 rings (SSSR count). The summed E-state index contributed by atoms with van der Waals surface area (Å²) in [6, 6.07) is 11.6. The van der Waals surface area contributed by atoms with Gasteiger partial charge in [-0.05, 0) is 44.0 Å². The Morgan fingerprint density at radius 3 is 2.47 bits per heavy atom. The largest absolute Gasteiger partial charge is 0.454 e. The third-order valence-corrected chi connectivity index (χ3v) is 6.83. The van der Waals surface area contributed by atoms with Gasteiger partial charge in [-0.3, -0.25) is 9.59 Å². The molecule has 9 nitrogen and oxygen atoms in total. The van der Waals surface area contributed by atoms with E-state index in [4.69, 9.17) is 14.2 Å². The maximum atomic E-state index is 12.3. The third kappa shape index (κ3) is 4.86. The monoisotopic (exact) mass is 460 g/mol. The highest BCUT2D eigenvalue weighted by Gasteiger charge is 2.44. The first-order chi connectivity index (χ1) is 15.3. The molecular weight excluding hydrogens is 436 g/mol. The first-order valence-corrected chi connectivity index (χ1v) is 11.8. The molecule has 1 heterocycles. The summed E-state index contributed by atoms with van der Waals surface area (Å²) in [4.78, 5) is 24.4. The summed E-state index contributed by atoms with van der Waals surface area (Å²) in [5, 5.41) is 2.63. The Labute approximate surface area is 186 Å². The second-order valence-corrected chi connectivity index (χ2v) is 9.51. The molecule has 2 aliphatic rings. The first kappa shape index (κ1) is 22.1. The molecular formula is C22H24N2O7S. The van der Waals surface area contributed by atoms with Crippen LogP contribution in [0.3, 0.4) is 0 Å². The SMILES string of the molecule is C[C@H](NS(=O)(=O)c1ccccc1)C(=O)OCC(=O)Nc1ccc2c(c1)OC1(CCCC1)O2. The second kappa shape index (κ2) is 8.79. The smallest absolute Gasteiger partial charge is 0.324 e. The molecule has 0 aromatic heterocycles. The van der Waals surface area contributed by atoms with Crippen molar-refractivity contribution in [1.29, 1.82) is 0 Å². The van der Waals surface area contributed by atoms with E-state index >= 15 is 0 Å². The van der Waals surface area contributed by atoms with Crippen LogP contribution < -0.4 is 19.5 Å². The number of rotatable bonds is 7. The van der Waals surface area contributed by atoms with Crippen LogP contribution in [0.1, 0.15) is 32.6 Å². The lowest BCUT2D eigenvalue weighted by Crippen LogP contribution is -2.40. The van der Waals surface area contributed by atoms with Crippen LogP contribution in [0, 0.1) is 0 Å². The number of hydrogen-bond donors (Lipinski definition) is 2. The molecule has 2 aromatic carbocycles. The highest BCUT2D eigenvalue weighted by atomic mass is 32.2. The fourth-order valence-corrected chi connectivity index (χ4v) is 4.91. The lowest BCUT2D eigenvalue weighted by Gasteiger charge is -2.21. The van der Waals surface area contributed by atoms with Crippen molar-refractivity contribution in [3.05, 3.63) is 48.5 Å². The molecule has 1 fully saturated rings. The van der Waals surface area contributed by atoms with Crippen LogP contribution in [0.2, 0.25) is 0 Å². The Balaban J connectivity index is 1.28.